The number of nitrogens with zero attached hydrogens (tertiary/aromatic N) is 2. The Bertz CT molecular complexity index is 810. The first-order chi connectivity index (χ1) is 16.1. The molecule has 0 aromatic heterocycles. The normalized spacial score (nSPS) is 22.4. The van der Waals surface area contributed by atoms with E-state index in [1.54, 1.807) is 9.80 Å². The number of carbonyl (C=O) groups excluding carboxylic acids is 3. The molecule has 0 aliphatic carbocycles. The number of benzene rings is 1. The molecule has 7 nitrogen and oxygen atoms in total. The number of aliphatic hydroxyl groups is 1. The predicted octanol–water partition coefficient (Wildman–Crippen LogP) is 3.07. The lowest BCUT2D eigenvalue weighted by Crippen LogP contribution is -2.44. The second kappa shape index (κ2) is 13.1. The molecule has 1 N–H and O–H groups in total. The highest BCUT2D eigenvalue weighted by Crippen LogP contribution is 2.25. The van der Waals surface area contributed by atoms with Crippen molar-refractivity contribution in [1.82, 2.24) is 9.80 Å². The molecule has 0 spiro atoms. The highest BCUT2D eigenvalue weighted by Gasteiger charge is 2.35. The molecular formula is C26H36N2O5. The van der Waals surface area contributed by atoms with Crippen LogP contribution in [0, 0.1) is 5.92 Å². The number of cyclic esters (lactones) is 1. The second-order valence-corrected chi connectivity index (χ2v) is 8.89. The van der Waals surface area contributed by atoms with E-state index in [2.05, 4.69) is 0 Å². The van der Waals surface area contributed by atoms with Gasteiger partial charge in [0.2, 0.25) is 11.8 Å². The SMILES string of the molecule is O=C1CCCCC=CC[C@H](CC(=O)N(CCO)Cc2ccccc2)C(=O)N2CCC[C@H]2CO1. The summed E-state index contributed by atoms with van der Waals surface area (Å²) in [5.41, 5.74) is 0.984. The Kier molecular flexibility index (Phi) is 9.94. The summed E-state index contributed by atoms with van der Waals surface area (Å²) < 4.78 is 5.45. The Hall–Kier alpha value is -2.67. The van der Waals surface area contributed by atoms with Gasteiger partial charge in [-0.2, -0.15) is 0 Å². The van der Waals surface area contributed by atoms with Gasteiger partial charge in [-0.25, -0.2) is 0 Å². The number of hydrogen-bond donors (Lipinski definition) is 1. The fourth-order valence-corrected chi connectivity index (χ4v) is 4.53. The van der Waals surface area contributed by atoms with Crippen LogP contribution in [0.15, 0.2) is 42.5 Å². The third-order valence-corrected chi connectivity index (χ3v) is 6.40. The van der Waals surface area contributed by atoms with Gasteiger partial charge in [-0.05, 0) is 44.1 Å². The molecule has 33 heavy (non-hydrogen) atoms. The second-order valence-electron chi connectivity index (χ2n) is 8.89. The van der Waals surface area contributed by atoms with Crippen molar-refractivity contribution in [3.63, 3.8) is 0 Å². The molecule has 2 heterocycles. The van der Waals surface area contributed by atoms with Crippen LogP contribution in [0.25, 0.3) is 0 Å². The quantitative estimate of drug-likeness (QED) is 0.525. The highest BCUT2D eigenvalue weighted by atomic mass is 16.5. The van der Waals surface area contributed by atoms with Gasteiger partial charge < -0.3 is 19.6 Å². The number of carbonyl (C=O) groups is 3. The van der Waals surface area contributed by atoms with Gasteiger partial charge in [-0.3, -0.25) is 14.4 Å². The smallest absolute Gasteiger partial charge is 0.305 e. The van der Waals surface area contributed by atoms with Crippen LogP contribution in [0.4, 0.5) is 0 Å². The van der Waals surface area contributed by atoms with E-state index in [4.69, 9.17) is 4.74 Å². The third-order valence-electron chi connectivity index (χ3n) is 6.40. The van der Waals surface area contributed by atoms with E-state index in [1.165, 1.54) is 0 Å². The van der Waals surface area contributed by atoms with Gasteiger partial charge >= 0.3 is 5.97 Å². The zero-order chi connectivity index (χ0) is 23.5. The van der Waals surface area contributed by atoms with Gasteiger partial charge in [0.15, 0.2) is 0 Å². The van der Waals surface area contributed by atoms with Crippen molar-refractivity contribution in [2.45, 2.75) is 64.0 Å². The van der Waals surface area contributed by atoms with Crippen molar-refractivity contribution in [3.8, 4) is 0 Å². The number of esters is 1. The van der Waals surface area contributed by atoms with Crippen LogP contribution in [-0.2, 0) is 25.7 Å². The summed E-state index contributed by atoms with van der Waals surface area (Å²) in [5, 5.41) is 9.50. The molecule has 2 amide bonds. The van der Waals surface area contributed by atoms with Gasteiger partial charge in [-0.15, -0.1) is 0 Å². The van der Waals surface area contributed by atoms with E-state index >= 15 is 0 Å². The molecule has 0 bridgehead atoms. The maximum Gasteiger partial charge on any atom is 0.305 e. The van der Waals surface area contributed by atoms with Crippen LogP contribution in [0.2, 0.25) is 0 Å². The molecule has 1 aromatic rings. The Morgan fingerprint density at radius 1 is 1.12 bits per heavy atom. The Labute approximate surface area is 196 Å². The van der Waals surface area contributed by atoms with Crippen LogP contribution < -0.4 is 0 Å². The van der Waals surface area contributed by atoms with Gasteiger partial charge in [0.25, 0.3) is 0 Å². The Morgan fingerprint density at radius 2 is 1.94 bits per heavy atom. The summed E-state index contributed by atoms with van der Waals surface area (Å²) in [6.45, 7) is 1.36. The van der Waals surface area contributed by atoms with Gasteiger partial charge in [0.1, 0.15) is 6.61 Å². The molecule has 0 unspecified atom stereocenters. The van der Waals surface area contributed by atoms with Gasteiger partial charge in [-0.1, -0.05) is 42.5 Å². The maximum atomic E-state index is 13.5. The van der Waals surface area contributed by atoms with Crippen LogP contribution in [-0.4, -0.2) is 65.0 Å². The van der Waals surface area contributed by atoms with E-state index in [0.29, 0.717) is 25.9 Å². The molecular weight excluding hydrogens is 420 g/mol. The lowest BCUT2D eigenvalue weighted by atomic mass is 9.97. The zero-order valence-electron chi connectivity index (χ0n) is 19.4. The topological polar surface area (TPSA) is 87.2 Å². The Morgan fingerprint density at radius 3 is 2.73 bits per heavy atom. The first kappa shape index (κ1) is 25.0. The van der Waals surface area contributed by atoms with Crippen molar-refractivity contribution in [3.05, 3.63) is 48.0 Å². The fraction of sp³-hybridized carbons (Fsp3) is 0.577. The monoisotopic (exact) mass is 456 g/mol. The molecule has 2 atom stereocenters. The van der Waals surface area contributed by atoms with Crippen molar-refractivity contribution in [2.24, 2.45) is 5.92 Å². The molecule has 2 aliphatic rings. The molecule has 1 fully saturated rings. The van der Waals surface area contributed by atoms with E-state index in [1.807, 2.05) is 42.5 Å². The Balaban J connectivity index is 1.73. The first-order valence-corrected chi connectivity index (χ1v) is 12.1. The van der Waals surface area contributed by atoms with Gasteiger partial charge in [0.05, 0.1) is 18.6 Å². The molecule has 180 valence electrons. The van der Waals surface area contributed by atoms with Crippen molar-refractivity contribution >= 4 is 17.8 Å². The summed E-state index contributed by atoms with van der Waals surface area (Å²) in [7, 11) is 0. The number of aliphatic hydroxyl groups excluding tert-OH is 1. The molecule has 0 saturated carbocycles. The lowest BCUT2D eigenvalue weighted by Gasteiger charge is -2.30. The largest absolute Gasteiger partial charge is 0.463 e. The van der Waals surface area contributed by atoms with Crippen LogP contribution in [0.5, 0.6) is 0 Å². The van der Waals surface area contributed by atoms with E-state index in [9.17, 15) is 19.5 Å². The highest BCUT2D eigenvalue weighted by molar-refractivity contribution is 5.86. The predicted molar refractivity (Wildman–Crippen MR) is 125 cm³/mol. The number of hydrogen-bond acceptors (Lipinski definition) is 5. The third kappa shape index (κ3) is 7.70. The number of allylic oxidation sites excluding steroid dienone is 2. The van der Waals surface area contributed by atoms with Crippen molar-refractivity contribution in [2.75, 3.05) is 26.3 Å². The fourth-order valence-electron chi connectivity index (χ4n) is 4.53. The minimum absolute atomic E-state index is 0.0488. The molecule has 7 heteroatoms. The number of amides is 2. The summed E-state index contributed by atoms with van der Waals surface area (Å²) in [4.78, 5) is 42.1. The van der Waals surface area contributed by atoms with Gasteiger partial charge in [0, 0.05) is 32.5 Å². The molecule has 1 saturated heterocycles. The number of rotatable bonds is 6. The van der Waals surface area contributed by atoms with Crippen molar-refractivity contribution in [1.29, 1.82) is 0 Å². The summed E-state index contributed by atoms with van der Waals surface area (Å²) in [6, 6.07) is 9.54. The van der Waals surface area contributed by atoms with E-state index in [0.717, 1.165) is 37.7 Å². The minimum atomic E-state index is -0.468. The number of fused-ring (bicyclic) bond motifs is 1. The lowest BCUT2D eigenvalue weighted by molar-refractivity contribution is -0.149. The van der Waals surface area contributed by atoms with E-state index in [-0.39, 0.29) is 50.0 Å². The number of ether oxygens (including phenoxy) is 1. The molecule has 2 aliphatic heterocycles. The van der Waals surface area contributed by atoms with E-state index < -0.39 is 5.92 Å². The summed E-state index contributed by atoms with van der Waals surface area (Å²) in [6.07, 6.45) is 9.23. The maximum absolute atomic E-state index is 13.5. The first-order valence-electron chi connectivity index (χ1n) is 12.1. The average molecular weight is 457 g/mol. The standard InChI is InChI=1S/C26H36N2O5/c29-17-16-27(19-21-10-5-4-6-11-21)24(30)18-22-12-7-2-1-3-8-14-25(31)33-20-23-13-9-15-28(23)26(22)32/h2,4-7,10-11,22-23,29H,1,3,8-9,12-20H2/t22-,23+/m1/s1. The van der Waals surface area contributed by atoms with Crippen LogP contribution in [0.3, 0.4) is 0 Å². The molecule has 0 radical (unpaired) electrons. The minimum Gasteiger partial charge on any atom is -0.463 e. The molecule has 1 aromatic carbocycles. The van der Waals surface area contributed by atoms with Crippen molar-refractivity contribution < 1.29 is 24.2 Å². The molecule has 3 rings (SSSR count). The average Bonchev–Trinajstić information content (AvgIpc) is 3.29. The summed E-state index contributed by atoms with van der Waals surface area (Å²) >= 11 is 0. The zero-order valence-corrected chi connectivity index (χ0v) is 19.4. The van der Waals surface area contributed by atoms with Crippen LogP contribution >= 0.6 is 0 Å². The van der Waals surface area contributed by atoms with Crippen LogP contribution in [0.1, 0.15) is 56.9 Å². The summed E-state index contributed by atoms with van der Waals surface area (Å²) in [5.74, 6) is -0.859.